The van der Waals surface area contributed by atoms with E-state index in [-0.39, 0.29) is 16.7 Å². The number of nitrogens with zero attached hydrogens (tertiary/aromatic N) is 2. The van der Waals surface area contributed by atoms with Gasteiger partial charge < -0.3 is 14.7 Å². The van der Waals surface area contributed by atoms with Crippen LogP contribution in [0.2, 0.25) is 0 Å². The highest BCUT2D eigenvalue weighted by molar-refractivity contribution is 7.90. The number of piperazine rings is 1. The third-order valence-electron chi connectivity index (χ3n) is 6.04. The van der Waals surface area contributed by atoms with Crippen LogP contribution in [0.4, 0.5) is 9.18 Å². The Kier molecular flexibility index (Phi) is 6.68. The highest BCUT2D eigenvalue weighted by Gasteiger charge is 2.33. The molecule has 29 heavy (non-hydrogen) atoms. The van der Waals surface area contributed by atoms with Crippen molar-refractivity contribution in [3.63, 3.8) is 0 Å². The lowest BCUT2D eigenvalue weighted by molar-refractivity contribution is 0.0277. The van der Waals surface area contributed by atoms with Crippen molar-refractivity contribution < 1.29 is 27.4 Å². The van der Waals surface area contributed by atoms with Gasteiger partial charge in [-0.15, -0.1) is 0 Å². The molecule has 0 aromatic heterocycles. The van der Waals surface area contributed by atoms with Crippen LogP contribution in [0.25, 0.3) is 0 Å². The molecule has 0 radical (unpaired) electrons. The summed E-state index contributed by atoms with van der Waals surface area (Å²) in [4.78, 5) is 15.0. The van der Waals surface area contributed by atoms with E-state index in [2.05, 4.69) is 11.8 Å². The SMILES string of the molecule is CC1CN(C(=O)O)CCN1C1CCC(COc2ccc(S(C)(=O)=O)cc2F)CC1. The third kappa shape index (κ3) is 5.39. The molecule has 0 bridgehead atoms. The number of benzene rings is 1. The second-order valence-corrected chi connectivity index (χ2v) is 10.2. The van der Waals surface area contributed by atoms with Crippen LogP contribution in [-0.4, -0.2) is 74.0 Å². The van der Waals surface area contributed by atoms with Gasteiger partial charge in [-0.3, -0.25) is 4.90 Å². The molecule has 9 heteroatoms. The summed E-state index contributed by atoms with van der Waals surface area (Å²) in [5.74, 6) is -0.250. The van der Waals surface area contributed by atoms with E-state index in [1.54, 1.807) is 0 Å². The van der Waals surface area contributed by atoms with E-state index < -0.39 is 21.7 Å². The Morgan fingerprint density at radius 2 is 1.93 bits per heavy atom. The minimum atomic E-state index is -3.44. The number of halogens is 1. The molecule has 2 aliphatic rings. The van der Waals surface area contributed by atoms with Crippen LogP contribution in [0, 0.1) is 11.7 Å². The van der Waals surface area contributed by atoms with E-state index in [0.717, 1.165) is 44.6 Å². The van der Waals surface area contributed by atoms with Crippen LogP contribution in [0.15, 0.2) is 23.1 Å². The maximum absolute atomic E-state index is 14.1. The van der Waals surface area contributed by atoms with E-state index >= 15 is 0 Å². The molecule has 1 aromatic carbocycles. The number of ether oxygens (including phenoxy) is 1. The molecule has 2 fully saturated rings. The van der Waals surface area contributed by atoms with Gasteiger partial charge in [-0.1, -0.05) is 0 Å². The molecule has 1 saturated heterocycles. The third-order valence-corrected chi connectivity index (χ3v) is 7.15. The summed E-state index contributed by atoms with van der Waals surface area (Å²) in [7, 11) is -3.44. The summed E-state index contributed by atoms with van der Waals surface area (Å²) in [6.45, 7) is 4.33. The van der Waals surface area contributed by atoms with E-state index in [4.69, 9.17) is 9.84 Å². The largest absolute Gasteiger partial charge is 0.490 e. The zero-order chi connectivity index (χ0) is 21.2. The maximum Gasteiger partial charge on any atom is 0.407 e. The fraction of sp³-hybridized carbons (Fsp3) is 0.650. The standard InChI is InChI=1S/C20H29FN2O5S/c1-14-12-22(20(24)25)9-10-23(14)16-5-3-15(4-6-16)13-28-19-8-7-17(11-18(19)21)29(2,26)27/h7-8,11,14-16H,3-6,9-10,12-13H2,1-2H3,(H,24,25). The predicted molar refractivity (Wildman–Crippen MR) is 107 cm³/mol. The first-order valence-corrected chi connectivity index (χ1v) is 11.9. The summed E-state index contributed by atoms with van der Waals surface area (Å²) in [5.41, 5.74) is 0. The quantitative estimate of drug-likeness (QED) is 0.776. The molecule has 1 amide bonds. The van der Waals surface area contributed by atoms with Crippen LogP contribution in [-0.2, 0) is 9.84 Å². The van der Waals surface area contributed by atoms with Crippen molar-refractivity contribution in [3.05, 3.63) is 24.0 Å². The normalized spacial score (nSPS) is 26.3. The highest BCUT2D eigenvalue weighted by Crippen LogP contribution is 2.31. The van der Waals surface area contributed by atoms with Gasteiger partial charge in [-0.25, -0.2) is 17.6 Å². The van der Waals surface area contributed by atoms with Gasteiger partial charge in [0.2, 0.25) is 0 Å². The molecular weight excluding hydrogens is 399 g/mol. The summed E-state index contributed by atoms with van der Waals surface area (Å²) in [5, 5.41) is 9.15. The summed E-state index contributed by atoms with van der Waals surface area (Å²) in [6.07, 6.45) is 4.17. The highest BCUT2D eigenvalue weighted by atomic mass is 32.2. The molecule has 162 valence electrons. The maximum atomic E-state index is 14.1. The average molecular weight is 429 g/mol. The topological polar surface area (TPSA) is 87.2 Å². The van der Waals surface area contributed by atoms with Crippen LogP contribution < -0.4 is 4.74 Å². The average Bonchev–Trinajstić information content (AvgIpc) is 2.66. The first kappa shape index (κ1) is 21.8. The number of carboxylic acid groups (broad SMARTS) is 1. The van der Waals surface area contributed by atoms with Crippen molar-refractivity contribution in [2.45, 2.75) is 49.6 Å². The minimum Gasteiger partial charge on any atom is -0.490 e. The monoisotopic (exact) mass is 428 g/mol. The van der Waals surface area contributed by atoms with E-state index in [9.17, 15) is 17.6 Å². The molecule has 3 rings (SSSR count). The fourth-order valence-electron chi connectivity index (χ4n) is 4.37. The van der Waals surface area contributed by atoms with Crippen molar-refractivity contribution in [1.29, 1.82) is 0 Å². The lowest BCUT2D eigenvalue weighted by Gasteiger charge is -2.45. The fourth-order valence-corrected chi connectivity index (χ4v) is 5.00. The van der Waals surface area contributed by atoms with Gasteiger partial charge in [0.25, 0.3) is 0 Å². The molecule has 7 nitrogen and oxygen atoms in total. The Morgan fingerprint density at radius 3 is 2.48 bits per heavy atom. The first-order chi connectivity index (χ1) is 13.6. The molecular formula is C20H29FN2O5S. The van der Waals surface area contributed by atoms with Crippen molar-refractivity contribution in [2.75, 3.05) is 32.5 Å². The lowest BCUT2D eigenvalue weighted by Crippen LogP contribution is -2.57. The van der Waals surface area contributed by atoms with Gasteiger partial charge in [0, 0.05) is 38.0 Å². The van der Waals surface area contributed by atoms with Gasteiger partial charge in [0.15, 0.2) is 21.4 Å². The van der Waals surface area contributed by atoms with E-state index in [1.807, 2.05) is 0 Å². The van der Waals surface area contributed by atoms with Crippen LogP contribution in [0.3, 0.4) is 0 Å². The lowest BCUT2D eigenvalue weighted by atomic mass is 9.85. The van der Waals surface area contributed by atoms with Crippen molar-refractivity contribution in [2.24, 2.45) is 5.92 Å². The zero-order valence-electron chi connectivity index (χ0n) is 16.9. The molecule has 1 N–H and O–H groups in total. The second-order valence-electron chi connectivity index (χ2n) is 8.17. The van der Waals surface area contributed by atoms with E-state index in [0.29, 0.717) is 31.7 Å². The Balaban J connectivity index is 1.48. The number of carbonyl (C=O) groups is 1. The van der Waals surface area contributed by atoms with Gasteiger partial charge in [0.1, 0.15) is 0 Å². The number of sulfone groups is 1. The molecule has 0 spiro atoms. The van der Waals surface area contributed by atoms with E-state index in [1.165, 1.54) is 17.0 Å². The van der Waals surface area contributed by atoms with Crippen molar-refractivity contribution in [3.8, 4) is 5.75 Å². The Hall–Kier alpha value is -1.87. The van der Waals surface area contributed by atoms with Crippen LogP contribution in [0.5, 0.6) is 5.75 Å². The number of amides is 1. The summed E-state index contributed by atoms with van der Waals surface area (Å²) >= 11 is 0. The Morgan fingerprint density at radius 1 is 1.24 bits per heavy atom. The molecule has 1 aromatic rings. The minimum absolute atomic E-state index is 0.0556. The number of rotatable bonds is 5. The van der Waals surface area contributed by atoms with Gasteiger partial charge in [0.05, 0.1) is 11.5 Å². The van der Waals surface area contributed by atoms with Crippen molar-refractivity contribution >= 4 is 15.9 Å². The molecule has 1 heterocycles. The first-order valence-electron chi connectivity index (χ1n) is 10.0. The molecule has 1 aliphatic carbocycles. The van der Waals surface area contributed by atoms with Gasteiger partial charge in [-0.05, 0) is 56.7 Å². The van der Waals surface area contributed by atoms with Crippen molar-refractivity contribution in [1.82, 2.24) is 9.80 Å². The summed E-state index contributed by atoms with van der Waals surface area (Å²) < 4.78 is 42.7. The Labute approximate surface area is 171 Å². The Bertz CT molecular complexity index is 839. The molecule has 1 aliphatic heterocycles. The molecule has 1 atom stereocenters. The predicted octanol–water partition coefficient (Wildman–Crippen LogP) is 2.85. The summed E-state index contributed by atoms with van der Waals surface area (Å²) in [6, 6.07) is 4.40. The smallest absolute Gasteiger partial charge is 0.407 e. The zero-order valence-corrected chi connectivity index (χ0v) is 17.7. The number of hydrogen-bond donors (Lipinski definition) is 1. The van der Waals surface area contributed by atoms with Crippen LogP contribution >= 0.6 is 0 Å². The van der Waals surface area contributed by atoms with Gasteiger partial charge in [-0.2, -0.15) is 0 Å². The second kappa shape index (κ2) is 8.87. The van der Waals surface area contributed by atoms with Crippen LogP contribution in [0.1, 0.15) is 32.6 Å². The number of hydrogen-bond acceptors (Lipinski definition) is 5. The molecule has 1 saturated carbocycles. The molecule has 1 unspecified atom stereocenters. The van der Waals surface area contributed by atoms with Gasteiger partial charge >= 0.3 is 6.09 Å².